The van der Waals surface area contributed by atoms with E-state index in [0.717, 1.165) is 10.0 Å². The van der Waals surface area contributed by atoms with E-state index in [1.807, 2.05) is 0 Å². The SMILES string of the molecule is Cc1c(Br)ccc(F)c1N. The zero-order valence-electron chi connectivity index (χ0n) is 5.49. The van der Waals surface area contributed by atoms with Crippen LogP contribution in [0.2, 0.25) is 0 Å². The highest BCUT2D eigenvalue weighted by atomic mass is 79.9. The third-order valence-corrected chi connectivity index (χ3v) is 2.25. The first kappa shape index (κ1) is 7.54. The predicted octanol–water partition coefficient (Wildman–Crippen LogP) is 2.48. The molecule has 0 aliphatic carbocycles. The van der Waals surface area contributed by atoms with Gasteiger partial charge in [-0.2, -0.15) is 0 Å². The molecular formula is C7H7BrFN. The van der Waals surface area contributed by atoms with E-state index >= 15 is 0 Å². The lowest BCUT2D eigenvalue weighted by atomic mass is 10.2. The van der Waals surface area contributed by atoms with E-state index in [-0.39, 0.29) is 11.5 Å². The molecule has 0 saturated heterocycles. The standard InChI is InChI=1S/C7H7BrFN/c1-4-5(8)2-3-6(9)7(4)10/h2-3H,10H2,1H3. The number of halogens is 2. The van der Waals surface area contributed by atoms with Crippen molar-refractivity contribution in [1.82, 2.24) is 0 Å². The molecule has 0 aliphatic heterocycles. The molecule has 2 N–H and O–H groups in total. The second-order valence-electron chi connectivity index (χ2n) is 2.07. The van der Waals surface area contributed by atoms with E-state index in [2.05, 4.69) is 15.9 Å². The van der Waals surface area contributed by atoms with Gasteiger partial charge in [-0.25, -0.2) is 4.39 Å². The summed E-state index contributed by atoms with van der Waals surface area (Å²) in [5, 5.41) is 0. The van der Waals surface area contributed by atoms with Gasteiger partial charge in [0.25, 0.3) is 0 Å². The number of benzene rings is 1. The smallest absolute Gasteiger partial charge is 0.146 e. The zero-order valence-corrected chi connectivity index (χ0v) is 7.07. The summed E-state index contributed by atoms with van der Waals surface area (Å²) in [7, 11) is 0. The van der Waals surface area contributed by atoms with Gasteiger partial charge in [-0.3, -0.25) is 0 Å². The van der Waals surface area contributed by atoms with Gasteiger partial charge in [-0.05, 0) is 24.6 Å². The molecule has 0 unspecified atom stereocenters. The first-order valence-corrected chi connectivity index (χ1v) is 3.62. The summed E-state index contributed by atoms with van der Waals surface area (Å²) < 4.78 is 13.5. The third-order valence-electron chi connectivity index (χ3n) is 1.40. The summed E-state index contributed by atoms with van der Waals surface area (Å²) >= 11 is 3.23. The number of nitrogen functional groups attached to an aromatic ring is 1. The fourth-order valence-corrected chi connectivity index (χ4v) is 1.01. The molecule has 0 spiro atoms. The van der Waals surface area contributed by atoms with Crippen LogP contribution in [0, 0.1) is 12.7 Å². The minimum atomic E-state index is -0.360. The van der Waals surface area contributed by atoms with E-state index in [1.165, 1.54) is 6.07 Å². The highest BCUT2D eigenvalue weighted by Gasteiger charge is 2.02. The second kappa shape index (κ2) is 2.58. The van der Waals surface area contributed by atoms with Crippen molar-refractivity contribution in [1.29, 1.82) is 0 Å². The minimum absolute atomic E-state index is 0.217. The Morgan fingerprint density at radius 2 is 2.10 bits per heavy atom. The molecular weight excluding hydrogens is 197 g/mol. The first-order valence-electron chi connectivity index (χ1n) is 2.83. The van der Waals surface area contributed by atoms with Gasteiger partial charge in [0.2, 0.25) is 0 Å². The van der Waals surface area contributed by atoms with Crippen molar-refractivity contribution >= 4 is 21.6 Å². The minimum Gasteiger partial charge on any atom is -0.396 e. The molecule has 10 heavy (non-hydrogen) atoms. The molecule has 1 aromatic rings. The average Bonchev–Trinajstić information content (AvgIpc) is 1.93. The molecule has 0 atom stereocenters. The Bertz CT molecular complexity index is 233. The third kappa shape index (κ3) is 1.14. The number of anilines is 1. The van der Waals surface area contributed by atoms with Crippen LogP contribution in [0.5, 0.6) is 0 Å². The lowest BCUT2D eigenvalue weighted by molar-refractivity contribution is 0.631. The van der Waals surface area contributed by atoms with E-state index in [0.29, 0.717) is 0 Å². The van der Waals surface area contributed by atoms with Gasteiger partial charge in [0.1, 0.15) is 5.82 Å². The van der Waals surface area contributed by atoms with Gasteiger partial charge in [0, 0.05) is 4.47 Å². The average molecular weight is 204 g/mol. The van der Waals surface area contributed by atoms with Gasteiger partial charge >= 0.3 is 0 Å². The summed E-state index contributed by atoms with van der Waals surface area (Å²) in [6, 6.07) is 2.98. The predicted molar refractivity (Wildman–Crippen MR) is 43.2 cm³/mol. The molecule has 1 rings (SSSR count). The van der Waals surface area contributed by atoms with Crippen LogP contribution in [0.4, 0.5) is 10.1 Å². The van der Waals surface area contributed by atoms with Gasteiger partial charge in [-0.15, -0.1) is 0 Å². The van der Waals surface area contributed by atoms with E-state index in [4.69, 9.17) is 5.73 Å². The van der Waals surface area contributed by atoms with Crippen molar-refractivity contribution in [2.75, 3.05) is 5.73 Å². The van der Waals surface area contributed by atoms with Gasteiger partial charge < -0.3 is 5.73 Å². The Balaban J connectivity index is 3.34. The number of hydrogen-bond donors (Lipinski definition) is 1. The molecule has 0 amide bonds. The van der Waals surface area contributed by atoms with E-state index in [9.17, 15) is 4.39 Å². The summed E-state index contributed by atoms with van der Waals surface area (Å²) in [5.74, 6) is -0.360. The van der Waals surface area contributed by atoms with Gasteiger partial charge in [0.15, 0.2) is 0 Å². The van der Waals surface area contributed by atoms with Crippen molar-refractivity contribution < 1.29 is 4.39 Å². The lowest BCUT2D eigenvalue weighted by Gasteiger charge is -2.01. The molecule has 0 aromatic heterocycles. The molecule has 0 heterocycles. The molecule has 0 radical (unpaired) electrons. The molecule has 1 nitrogen and oxygen atoms in total. The lowest BCUT2D eigenvalue weighted by Crippen LogP contribution is -1.94. The largest absolute Gasteiger partial charge is 0.396 e. The van der Waals surface area contributed by atoms with Crippen LogP contribution in [0.25, 0.3) is 0 Å². The monoisotopic (exact) mass is 203 g/mol. The Morgan fingerprint density at radius 1 is 1.50 bits per heavy atom. The fraction of sp³-hybridized carbons (Fsp3) is 0.143. The van der Waals surface area contributed by atoms with Crippen molar-refractivity contribution in [3.8, 4) is 0 Å². The van der Waals surface area contributed by atoms with Crippen LogP contribution >= 0.6 is 15.9 Å². The quantitative estimate of drug-likeness (QED) is 0.645. The fourth-order valence-electron chi connectivity index (χ4n) is 0.669. The molecule has 0 bridgehead atoms. The molecule has 3 heteroatoms. The Kier molecular flexibility index (Phi) is 1.94. The van der Waals surface area contributed by atoms with Crippen LogP contribution in [0.15, 0.2) is 16.6 Å². The Morgan fingerprint density at radius 3 is 2.60 bits per heavy atom. The van der Waals surface area contributed by atoms with Gasteiger partial charge in [0.05, 0.1) is 5.69 Å². The van der Waals surface area contributed by atoms with Crippen molar-refractivity contribution in [2.45, 2.75) is 6.92 Å². The molecule has 0 saturated carbocycles. The highest BCUT2D eigenvalue weighted by Crippen LogP contribution is 2.23. The number of nitrogens with two attached hydrogens (primary N) is 1. The second-order valence-corrected chi connectivity index (χ2v) is 2.92. The van der Waals surface area contributed by atoms with Crippen LogP contribution in [0.1, 0.15) is 5.56 Å². The van der Waals surface area contributed by atoms with Crippen molar-refractivity contribution in [3.05, 3.63) is 28.0 Å². The van der Waals surface area contributed by atoms with Crippen molar-refractivity contribution in [2.24, 2.45) is 0 Å². The summed E-state index contributed by atoms with van der Waals surface area (Å²) in [5.41, 5.74) is 6.34. The topological polar surface area (TPSA) is 26.0 Å². The maximum Gasteiger partial charge on any atom is 0.146 e. The number of rotatable bonds is 0. The first-order chi connectivity index (χ1) is 4.63. The van der Waals surface area contributed by atoms with Gasteiger partial charge in [-0.1, -0.05) is 15.9 Å². The van der Waals surface area contributed by atoms with Crippen molar-refractivity contribution in [3.63, 3.8) is 0 Å². The molecule has 1 aromatic carbocycles. The Labute approximate surface area is 67.2 Å². The van der Waals surface area contributed by atoms with Crippen LogP contribution in [-0.4, -0.2) is 0 Å². The van der Waals surface area contributed by atoms with Crippen LogP contribution in [0.3, 0.4) is 0 Å². The normalized spacial score (nSPS) is 9.90. The van der Waals surface area contributed by atoms with Crippen LogP contribution < -0.4 is 5.73 Å². The molecule has 0 fully saturated rings. The maximum atomic E-state index is 12.6. The molecule has 0 aliphatic rings. The maximum absolute atomic E-state index is 12.6. The van der Waals surface area contributed by atoms with Crippen LogP contribution in [-0.2, 0) is 0 Å². The van der Waals surface area contributed by atoms with E-state index < -0.39 is 0 Å². The summed E-state index contributed by atoms with van der Waals surface area (Å²) in [6.45, 7) is 1.77. The summed E-state index contributed by atoms with van der Waals surface area (Å²) in [4.78, 5) is 0. The number of hydrogen-bond acceptors (Lipinski definition) is 1. The van der Waals surface area contributed by atoms with E-state index in [1.54, 1.807) is 13.0 Å². The Hall–Kier alpha value is -0.570. The zero-order chi connectivity index (χ0) is 7.72. The summed E-state index contributed by atoms with van der Waals surface area (Å²) in [6.07, 6.45) is 0. The highest BCUT2D eigenvalue weighted by molar-refractivity contribution is 9.10. The molecule has 54 valence electrons.